The standard InChI is InChI=1S/C21H33N3O/c1-3-23-12-14-24(15-13-23)20-10-9-19(16-17(20)2)22-21(25)11-8-18-6-4-5-7-18/h9-10,16,18H,3-8,11-15H2,1-2H3,(H,22,25). The first-order chi connectivity index (χ1) is 12.2. The van der Waals surface area contributed by atoms with E-state index in [0.29, 0.717) is 6.42 Å². The van der Waals surface area contributed by atoms with Crippen LogP contribution < -0.4 is 10.2 Å². The van der Waals surface area contributed by atoms with Gasteiger partial charge in [-0.1, -0.05) is 32.6 Å². The molecule has 4 nitrogen and oxygen atoms in total. The fourth-order valence-electron chi connectivity index (χ4n) is 4.25. The van der Waals surface area contributed by atoms with Crippen molar-refractivity contribution in [3.63, 3.8) is 0 Å². The summed E-state index contributed by atoms with van der Waals surface area (Å²) in [5, 5.41) is 3.09. The summed E-state index contributed by atoms with van der Waals surface area (Å²) < 4.78 is 0. The Hall–Kier alpha value is -1.55. The molecule has 138 valence electrons. The van der Waals surface area contributed by atoms with Crippen LogP contribution in [0.15, 0.2) is 18.2 Å². The van der Waals surface area contributed by atoms with Gasteiger partial charge in [0.1, 0.15) is 0 Å². The number of carbonyl (C=O) groups excluding carboxylic acids is 1. The van der Waals surface area contributed by atoms with E-state index < -0.39 is 0 Å². The molecule has 0 atom stereocenters. The molecule has 0 bridgehead atoms. The third-order valence-electron chi connectivity index (χ3n) is 5.90. The predicted molar refractivity (Wildman–Crippen MR) is 105 cm³/mol. The van der Waals surface area contributed by atoms with E-state index >= 15 is 0 Å². The molecule has 4 heteroatoms. The number of hydrogen-bond acceptors (Lipinski definition) is 3. The van der Waals surface area contributed by atoms with Gasteiger partial charge in [-0.05, 0) is 49.6 Å². The van der Waals surface area contributed by atoms with E-state index in [2.05, 4.69) is 47.2 Å². The minimum absolute atomic E-state index is 0.163. The van der Waals surface area contributed by atoms with Gasteiger partial charge in [-0.25, -0.2) is 0 Å². The summed E-state index contributed by atoms with van der Waals surface area (Å²) in [6.45, 7) is 9.95. The molecule has 25 heavy (non-hydrogen) atoms. The van der Waals surface area contributed by atoms with Gasteiger partial charge >= 0.3 is 0 Å². The summed E-state index contributed by atoms with van der Waals surface area (Å²) in [6, 6.07) is 6.35. The molecule has 0 unspecified atom stereocenters. The zero-order valence-corrected chi connectivity index (χ0v) is 15.9. The van der Waals surface area contributed by atoms with Gasteiger partial charge in [0.25, 0.3) is 0 Å². The molecular weight excluding hydrogens is 310 g/mol. The predicted octanol–water partition coefficient (Wildman–Crippen LogP) is 4.05. The Labute approximate surface area is 152 Å². The Balaban J connectivity index is 1.51. The van der Waals surface area contributed by atoms with E-state index in [0.717, 1.165) is 50.7 Å². The van der Waals surface area contributed by atoms with Gasteiger partial charge in [0, 0.05) is 44.0 Å². The highest BCUT2D eigenvalue weighted by atomic mass is 16.1. The number of rotatable bonds is 6. The molecule has 3 rings (SSSR count). The van der Waals surface area contributed by atoms with Crippen LogP contribution in [0.25, 0.3) is 0 Å². The van der Waals surface area contributed by atoms with Crippen molar-refractivity contribution in [1.82, 2.24) is 4.90 Å². The quantitative estimate of drug-likeness (QED) is 0.846. The molecule has 1 N–H and O–H groups in total. The summed E-state index contributed by atoms with van der Waals surface area (Å²) >= 11 is 0. The molecule has 1 aromatic rings. The van der Waals surface area contributed by atoms with Crippen molar-refractivity contribution < 1.29 is 4.79 Å². The van der Waals surface area contributed by atoms with Crippen molar-refractivity contribution in [2.45, 2.75) is 52.4 Å². The van der Waals surface area contributed by atoms with Crippen molar-refractivity contribution in [2.24, 2.45) is 5.92 Å². The van der Waals surface area contributed by atoms with E-state index in [9.17, 15) is 4.79 Å². The molecule has 1 amide bonds. The van der Waals surface area contributed by atoms with Crippen LogP contribution in [0.1, 0.15) is 51.0 Å². The lowest BCUT2D eigenvalue weighted by atomic mass is 10.0. The molecule has 1 heterocycles. The SMILES string of the molecule is CCN1CCN(c2ccc(NC(=O)CCC3CCCC3)cc2C)CC1. The Morgan fingerprint density at radius 2 is 1.88 bits per heavy atom. The number of nitrogens with one attached hydrogen (secondary N) is 1. The maximum absolute atomic E-state index is 12.2. The second-order valence-electron chi connectivity index (χ2n) is 7.66. The highest BCUT2D eigenvalue weighted by molar-refractivity contribution is 5.91. The van der Waals surface area contributed by atoms with Gasteiger partial charge in [0.05, 0.1) is 0 Å². The summed E-state index contributed by atoms with van der Waals surface area (Å²) in [5.41, 5.74) is 3.49. The van der Waals surface area contributed by atoms with Crippen LogP contribution >= 0.6 is 0 Å². The van der Waals surface area contributed by atoms with Crippen LogP contribution in [0.3, 0.4) is 0 Å². The maximum atomic E-state index is 12.2. The van der Waals surface area contributed by atoms with Crippen LogP contribution in [0.2, 0.25) is 0 Å². The Morgan fingerprint density at radius 1 is 1.16 bits per heavy atom. The molecule has 1 saturated heterocycles. The molecule has 0 radical (unpaired) electrons. The summed E-state index contributed by atoms with van der Waals surface area (Å²) in [6.07, 6.45) is 7.02. The van der Waals surface area contributed by atoms with Gasteiger partial charge < -0.3 is 15.1 Å². The fourth-order valence-corrected chi connectivity index (χ4v) is 4.25. The van der Waals surface area contributed by atoms with Crippen LogP contribution in [-0.2, 0) is 4.79 Å². The number of piperazine rings is 1. The van der Waals surface area contributed by atoms with Crippen molar-refractivity contribution in [3.8, 4) is 0 Å². The molecule has 2 aliphatic rings. The lowest BCUT2D eigenvalue weighted by Gasteiger charge is -2.36. The Kier molecular flexibility index (Phi) is 6.35. The number of anilines is 2. The average molecular weight is 344 g/mol. The second kappa shape index (κ2) is 8.70. The largest absolute Gasteiger partial charge is 0.369 e. The molecule has 1 aromatic carbocycles. The summed E-state index contributed by atoms with van der Waals surface area (Å²) in [7, 11) is 0. The zero-order chi connectivity index (χ0) is 17.6. The van der Waals surface area contributed by atoms with E-state index in [-0.39, 0.29) is 5.91 Å². The van der Waals surface area contributed by atoms with Crippen molar-refractivity contribution in [3.05, 3.63) is 23.8 Å². The third-order valence-corrected chi connectivity index (χ3v) is 5.90. The molecule has 1 saturated carbocycles. The lowest BCUT2D eigenvalue weighted by Crippen LogP contribution is -2.46. The lowest BCUT2D eigenvalue weighted by molar-refractivity contribution is -0.116. The average Bonchev–Trinajstić information content (AvgIpc) is 3.14. The van der Waals surface area contributed by atoms with Crippen LogP contribution in [-0.4, -0.2) is 43.5 Å². The summed E-state index contributed by atoms with van der Waals surface area (Å²) in [4.78, 5) is 17.2. The van der Waals surface area contributed by atoms with E-state index in [1.54, 1.807) is 0 Å². The number of likely N-dealkylation sites (N-methyl/N-ethyl adjacent to an activating group) is 1. The fraction of sp³-hybridized carbons (Fsp3) is 0.667. The monoisotopic (exact) mass is 343 g/mol. The molecular formula is C21H33N3O. The van der Waals surface area contributed by atoms with Gasteiger partial charge in [-0.2, -0.15) is 0 Å². The van der Waals surface area contributed by atoms with Crippen LogP contribution in [0, 0.1) is 12.8 Å². The number of nitrogens with zero attached hydrogens (tertiary/aromatic N) is 2. The van der Waals surface area contributed by atoms with Crippen molar-refractivity contribution in [1.29, 1.82) is 0 Å². The highest BCUT2D eigenvalue weighted by Gasteiger charge is 2.18. The smallest absolute Gasteiger partial charge is 0.224 e. The minimum atomic E-state index is 0.163. The van der Waals surface area contributed by atoms with Crippen molar-refractivity contribution in [2.75, 3.05) is 42.9 Å². The zero-order valence-electron chi connectivity index (χ0n) is 15.9. The van der Waals surface area contributed by atoms with Gasteiger partial charge in [0.15, 0.2) is 0 Å². The number of aryl methyl sites for hydroxylation is 1. The topological polar surface area (TPSA) is 35.6 Å². The Morgan fingerprint density at radius 3 is 2.52 bits per heavy atom. The minimum Gasteiger partial charge on any atom is -0.369 e. The molecule has 0 spiro atoms. The molecule has 1 aliphatic heterocycles. The van der Waals surface area contributed by atoms with Gasteiger partial charge in [-0.3, -0.25) is 4.79 Å². The van der Waals surface area contributed by atoms with Crippen LogP contribution in [0.4, 0.5) is 11.4 Å². The van der Waals surface area contributed by atoms with Gasteiger partial charge in [-0.15, -0.1) is 0 Å². The number of carbonyl (C=O) groups is 1. The first kappa shape index (κ1) is 18.2. The first-order valence-corrected chi connectivity index (χ1v) is 10.0. The van der Waals surface area contributed by atoms with Gasteiger partial charge in [0.2, 0.25) is 5.91 Å². The molecule has 2 fully saturated rings. The highest BCUT2D eigenvalue weighted by Crippen LogP contribution is 2.29. The normalized spacial score (nSPS) is 19.4. The number of amides is 1. The summed E-state index contributed by atoms with van der Waals surface area (Å²) in [5.74, 6) is 0.937. The Bertz CT molecular complexity index is 573. The number of hydrogen-bond donors (Lipinski definition) is 1. The first-order valence-electron chi connectivity index (χ1n) is 10.0. The molecule has 1 aliphatic carbocycles. The number of benzene rings is 1. The van der Waals surface area contributed by atoms with E-state index in [4.69, 9.17) is 0 Å². The van der Waals surface area contributed by atoms with E-state index in [1.165, 1.54) is 36.9 Å². The maximum Gasteiger partial charge on any atom is 0.224 e. The van der Waals surface area contributed by atoms with E-state index in [1.807, 2.05) is 0 Å². The van der Waals surface area contributed by atoms with Crippen LogP contribution in [0.5, 0.6) is 0 Å². The molecule has 0 aromatic heterocycles. The van der Waals surface area contributed by atoms with Crippen molar-refractivity contribution >= 4 is 17.3 Å². The third kappa shape index (κ3) is 4.97. The second-order valence-corrected chi connectivity index (χ2v) is 7.66.